The van der Waals surface area contributed by atoms with Gasteiger partial charge in [-0.3, -0.25) is 14.3 Å². The number of pyridine rings is 1. The molecule has 1 N–H and O–H groups in total. The fraction of sp³-hybridized carbons (Fsp3) is 0.267. The van der Waals surface area contributed by atoms with Crippen LogP contribution in [0.15, 0.2) is 75.4 Å². The van der Waals surface area contributed by atoms with Crippen molar-refractivity contribution in [1.29, 1.82) is 5.26 Å². The molecule has 0 radical (unpaired) electrons. The molecule has 40 heavy (non-hydrogen) atoms. The largest absolute Gasteiger partial charge is 0.493 e. The molecule has 0 spiro atoms. The zero-order valence-electron chi connectivity index (χ0n) is 22.4. The normalized spacial score (nSPS) is 12.2. The first kappa shape index (κ1) is 28.6. The monoisotopic (exact) mass is 560 g/mol. The first-order valence-electron chi connectivity index (χ1n) is 12.9. The molecule has 0 aliphatic rings. The van der Waals surface area contributed by atoms with Crippen molar-refractivity contribution < 1.29 is 17.9 Å². The van der Waals surface area contributed by atoms with Crippen molar-refractivity contribution in [2.75, 3.05) is 0 Å². The third kappa shape index (κ3) is 5.51. The topological polar surface area (TPSA) is 126 Å². The second-order valence-corrected chi connectivity index (χ2v) is 11.3. The van der Waals surface area contributed by atoms with Crippen LogP contribution in [0.25, 0.3) is 11.1 Å². The van der Waals surface area contributed by atoms with Crippen molar-refractivity contribution in [1.82, 2.24) is 14.5 Å². The summed E-state index contributed by atoms with van der Waals surface area (Å²) in [4.78, 5) is 20.5. The van der Waals surface area contributed by atoms with Crippen LogP contribution in [0, 0.1) is 24.1 Å². The molecule has 0 saturated carbocycles. The third-order valence-corrected chi connectivity index (χ3v) is 8.56. The molecule has 4 aromatic rings. The van der Waals surface area contributed by atoms with Gasteiger partial charge in [0.15, 0.2) is 4.90 Å². The number of aryl methyl sites for hydroxylation is 2. The van der Waals surface area contributed by atoms with Gasteiger partial charge in [0.1, 0.15) is 11.6 Å². The van der Waals surface area contributed by atoms with Crippen LogP contribution in [-0.4, -0.2) is 28.1 Å². The Bertz CT molecular complexity index is 1760. The highest BCUT2D eigenvalue weighted by molar-refractivity contribution is 7.91. The van der Waals surface area contributed by atoms with Crippen LogP contribution in [0.4, 0.5) is 4.39 Å². The first-order valence-corrected chi connectivity index (χ1v) is 14.4. The van der Waals surface area contributed by atoms with Gasteiger partial charge in [0.25, 0.3) is 5.56 Å². The Morgan fingerprint density at radius 1 is 1.12 bits per heavy atom. The molecule has 0 bridgehead atoms. The van der Waals surface area contributed by atoms with Gasteiger partial charge >= 0.3 is 0 Å². The van der Waals surface area contributed by atoms with Gasteiger partial charge in [0, 0.05) is 23.9 Å². The van der Waals surface area contributed by atoms with Gasteiger partial charge in [-0.2, -0.15) is 10.2 Å². The minimum atomic E-state index is -4.50. The summed E-state index contributed by atoms with van der Waals surface area (Å²) < 4.78 is 43.1. The molecular weight excluding hydrogens is 531 g/mol. The highest BCUT2D eigenvalue weighted by Crippen LogP contribution is 2.34. The van der Waals surface area contributed by atoms with Crippen LogP contribution in [-0.2, 0) is 16.3 Å². The highest BCUT2D eigenvalue weighted by atomic mass is 32.2. The van der Waals surface area contributed by atoms with E-state index in [9.17, 15) is 28.0 Å². The molecular formula is C30H29FN4O4S. The van der Waals surface area contributed by atoms with E-state index in [1.165, 1.54) is 28.8 Å². The molecule has 2 aromatic carbocycles. The summed E-state index contributed by atoms with van der Waals surface area (Å²) in [5, 5.41) is 20.8. The number of benzene rings is 2. The smallest absolute Gasteiger partial charge is 0.296 e. The minimum Gasteiger partial charge on any atom is -0.493 e. The fourth-order valence-corrected chi connectivity index (χ4v) is 6.12. The molecule has 8 nitrogen and oxygen atoms in total. The molecule has 0 amide bonds. The van der Waals surface area contributed by atoms with E-state index in [-0.39, 0.29) is 22.7 Å². The zero-order chi connectivity index (χ0) is 29.0. The Hall–Kier alpha value is -4.36. The number of hydrogen-bond donors (Lipinski definition) is 1. The van der Waals surface area contributed by atoms with Gasteiger partial charge < -0.3 is 5.11 Å². The number of unbranched alkanes of at least 4 members (excludes halogenated alkanes) is 1. The van der Waals surface area contributed by atoms with E-state index in [2.05, 4.69) is 9.97 Å². The van der Waals surface area contributed by atoms with Crippen LogP contribution in [0.1, 0.15) is 61.8 Å². The van der Waals surface area contributed by atoms with Gasteiger partial charge in [-0.05, 0) is 67.3 Å². The molecule has 1 unspecified atom stereocenters. The van der Waals surface area contributed by atoms with Crippen LogP contribution >= 0.6 is 0 Å². The maximum absolute atomic E-state index is 14.4. The average molecular weight is 561 g/mol. The maximum atomic E-state index is 14.4. The lowest BCUT2D eigenvalue weighted by atomic mass is 10.0. The number of rotatable bonds is 9. The van der Waals surface area contributed by atoms with Crippen molar-refractivity contribution in [3.63, 3.8) is 0 Å². The van der Waals surface area contributed by atoms with Crippen molar-refractivity contribution in [2.45, 2.75) is 62.3 Å². The van der Waals surface area contributed by atoms with E-state index in [1.54, 1.807) is 31.3 Å². The number of nitriles is 1. The number of halogens is 1. The molecule has 206 valence electrons. The van der Waals surface area contributed by atoms with Crippen LogP contribution in [0.5, 0.6) is 5.88 Å². The van der Waals surface area contributed by atoms with Crippen LogP contribution in [0.3, 0.4) is 0 Å². The Morgan fingerprint density at radius 3 is 2.48 bits per heavy atom. The van der Waals surface area contributed by atoms with E-state index in [1.807, 2.05) is 26.0 Å². The van der Waals surface area contributed by atoms with Gasteiger partial charge in [-0.1, -0.05) is 38.5 Å². The molecule has 0 fully saturated rings. The van der Waals surface area contributed by atoms with Gasteiger partial charge in [0.2, 0.25) is 15.7 Å². The van der Waals surface area contributed by atoms with Crippen LogP contribution < -0.4 is 5.56 Å². The molecule has 4 rings (SSSR count). The van der Waals surface area contributed by atoms with E-state index in [0.29, 0.717) is 18.4 Å². The molecule has 10 heteroatoms. The lowest BCUT2D eigenvalue weighted by Gasteiger charge is -2.25. The Labute approximate surface area is 232 Å². The number of sulfone groups is 1. The van der Waals surface area contributed by atoms with E-state index >= 15 is 0 Å². The van der Waals surface area contributed by atoms with Gasteiger partial charge in [0.05, 0.1) is 22.6 Å². The second kappa shape index (κ2) is 11.8. The van der Waals surface area contributed by atoms with Crippen LogP contribution in [0.2, 0.25) is 0 Å². The Morgan fingerprint density at radius 2 is 1.85 bits per heavy atom. The molecule has 2 aromatic heterocycles. The highest BCUT2D eigenvalue weighted by Gasteiger charge is 2.32. The van der Waals surface area contributed by atoms with Gasteiger partial charge in [-0.15, -0.1) is 0 Å². The molecule has 0 saturated heterocycles. The number of aromatic nitrogens is 3. The predicted molar refractivity (Wildman–Crippen MR) is 148 cm³/mol. The summed E-state index contributed by atoms with van der Waals surface area (Å²) in [5.74, 6) is -1.24. The molecule has 0 aliphatic carbocycles. The van der Waals surface area contributed by atoms with Crippen molar-refractivity contribution in [3.8, 4) is 23.1 Å². The summed E-state index contributed by atoms with van der Waals surface area (Å²) in [6, 6.07) is 14.5. The third-order valence-electron chi connectivity index (χ3n) is 6.77. The molecule has 0 aliphatic heterocycles. The quantitative estimate of drug-likeness (QED) is 0.286. The number of hydrogen-bond acceptors (Lipinski definition) is 7. The lowest BCUT2D eigenvalue weighted by molar-refractivity contribution is 0.358. The summed E-state index contributed by atoms with van der Waals surface area (Å²) in [7, 11) is -4.50. The molecule has 2 heterocycles. The van der Waals surface area contributed by atoms with Crippen molar-refractivity contribution >= 4 is 9.84 Å². The number of nitrogens with zero attached hydrogens (tertiary/aromatic N) is 4. The number of aromatic hydroxyl groups is 1. The molecule has 1 atom stereocenters. The SMILES string of the molecule is CCCCc1nc(=O)c(S(=O)(=O)c2ccc(-c3cccnc3C)cc2)c(O)n1C(CC)c1cc(F)cc(C#N)c1. The minimum absolute atomic E-state index is 0.0776. The maximum Gasteiger partial charge on any atom is 0.296 e. The summed E-state index contributed by atoms with van der Waals surface area (Å²) in [6.07, 6.45) is 3.63. The fourth-order valence-electron chi connectivity index (χ4n) is 4.78. The Balaban J connectivity index is 1.90. The van der Waals surface area contributed by atoms with Gasteiger partial charge in [-0.25, -0.2) is 12.8 Å². The predicted octanol–water partition coefficient (Wildman–Crippen LogP) is 5.50. The summed E-state index contributed by atoms with van der Waals surface area (Å²) in [5.41, 5.74) is 1.69. The van der Waals surface area contributed by atoms with Crippen molar-refractivity contribution in [2.24, 2.45) is 0 Å². The van der Waals surface area contributed by atoms with Crippen molar-refractivity contribution in [3.05, 3.63) is 99.6 Å². The summed E-state index contributed by atoms with van der Waals surface area (Å²) >= 11 is 0. The first-order chi connectivity index (χ1) is 19.1. The zero-order valence-corrected chi connectivity index (χ0v) is 23.2. The average Bonchev–Trinajstić information content (AvgIpc) is 2.93. The van der Waals surface area contributed by atoms with E-state index < -0.39 is 38.0 Å². The van der Waals surface area contributed by atoms with E-state index in [0.717, 1.165) is 29.3 Å². The lowest BCUT2D eigenvalue weighted by Crippen LogP contribution is -2.27. The summed E-state index contributed by atoms with van der Waals surface area (Å²) in [6.45, 7) is 5.56. The second-order valence-electron chi connectivity index (χ2n) is 9.43. The van der Waals surface area contributed by atoms with E-state index in [4.69, 9.17) is 0 Å². The Kier molecular flexibility index (Phi) is 8.45. The standard InChI is InChI=1S/C30H29FN4O4S/c1-4-6-9-27-34-29(36)28(30(37)35(27)26(5-2)22-15-20(18-32)16-23(31)17-22)40(38,39)24-12-10-21(11-13-24)25-8-7-14-33-19(25)3/h7-8,10-17,26,37H,4-6,9H2,1-3H3.